The van der Waals surface area contributed by atoms with Gasteiger partial charge in [0.15, 0.2) is 5.65 Å². The maximum atomic E-state index is 9.10. The summed E-state index contributed by atoms with van der Waals surface area (Å²) < 4.78 is 1.77. The van der Waals surface area contributed by atoms with Gasteiger partial charge in [0.25, 0.3) is 0 Å². The highest BCUT2D eigenvalue weighted by atomic mass is 16.3. The van der Waals surface area contributed by atoms with E-state index in [0.717, 1.165) is 17.6 Å². The maximum Gasteiger partial charge on any atom is 0.243 e. The number of hydrogen-bond donors (Lipinski definition) is 2. The topological polar surface area (TPSA) is 62.5 Å². The lowest BCUT2D eigenvalue weighted by atomic mass is 9.95. The van der Waals surface area contributed by atoms with Gasteiger partial charge in [-0.1, -0.05) is 13.0 Å². The Morgan fingerprint density at radius 2 is 2.22 bits per heavy atom. The minimum absolute atomic E-state index is 0.157. The van der Waals surface area contributed by atoms with Gasteiger partial charge >= 0.3 is 0 Å². The van der Waals surface area contributed by atoms with Crippen LogP contribution in [-0.2, 0) is 0 Å². The Bertz CT molecular complexity index is 537. The first kappa shape index (κ1) is 12.8. The monoisotopic (exact) mass is 248 g/mol. The first-order valence-electron chi connectivity index (χ1n) is 6.28. The number of hydrogen-bond acceptors (Lipinski definition) is 4. The van der Waals surface area contributed by atoms with E-state index in [4.69, 9.17) is 5.11 Å². The lowest BCUT2D eigenvalue weighted by Gasteiger charge is -2.28. The van der Waals surface area contributed by atoms with Crippen LogP contribution in [0.5, 0.6) is 0 Å². The molecule has 0 fully saturated rings. The van der Waals surface area contributed by atoms with Crippen molar-refractivity contribution < 1.29 is 5.11 Å². The van der Waals surface area contributed by atoms with Crippen LogP contribution >= 0.6 is 0 Å². The van der Waals surface area contributed by atoms with E-state index in [1.54, 1.807) is 4.52 Å². The van der Waals surface area contributed by atoms with Crippen molar-refractivity contribution >= 4 is 11.6 Å². The van der Waals surface area contributed by atoms with Gasteiger partial charge in [0.2, 0.25) is 5.95 Å². The number of aromatic nitrogens is 3. The number of fused-ring (bicyclic) bond motifs is 1. The molecule has 0 amide bonds. The van der Waals surface area contributed by atoms with Gasteiger partial charge in [0.1, 0.15) is 0 Å². The third kappa shape index (κ3) is 2.61. The smallest absolute Gasteiger partial charge is 0.243 e. The summed E-state index contributed by atoms with van der Waals surface area (Å²) in [5.74, 6) is 0.610. The molecule has 0 radical (unpaired) electrons. The van der Waals surface area contributed by atoms with Gasteiger partial charge in [-0.15, -0.1) is 5.10 Å². The van der Waals surface area contributed by atoms with E-state index in [2.05, 4.69) is 29.2 Å². The molecule has 0 bridgehead atoms. The summed E-state index contributed by atoms with van der Waals surface area (Å²) in [6.45, 7) is 6.34. The molecule has 0 saturated carbocycles. The molecule has 2 rings (SSSR count). The Morgan fingerprint density at radius 3 is 2.89 bits per heavy atom. The van der Waals surface area contributed by atoms with Gasteiger partial charge < -0.3 is 10.4 Å². The summed E-state index contributed by atoms with van der Waals surface area (Å²) >= 11 is 0. The summed E-state index contributed by atoms with van der Waals surface area (Å²) in [6, 6.07) is 3.96. The molecule has 98 valence electrons. The highest BCUT2D eigenvalue weighted by molar-refractivity contribution is 5.45. The predicted molar refractivity (Wildman–Crippen MR) is 71.7 cm³/mol. The molecule has 0 aromatic carbocycles. The Morgan fingerprint density at radius 1 is 1.44 bits per heavy atom. The van der Waals surface area contributed by atoms with Crippen molar-refractivity contribution in [3.05, 3.63) is 23.9 Å². The van der Waals surface area contributed by atoms with Crippen LogP contribution < -0.4 is 5.32 Å². The zero-order valence-corrected chi connectivity index (χ0v) is 11.1. The molecule has 0 aliphatic heterocycles. The van der Waals surface area contributed by atoms with E-state index in [1.165, 1.54) is 0 Å². The molecular weight excluding hydrogens is 228 g/mol. The van der Waals surface area contributed by atoms with Crippen molar-refractivity contribution in [1.29, 1.82) is 0 Å². The highest BCUT2D eigenvalue weighted by Crippen LogP contribution is 2.20. The number of nitrogens with one attached hydrogen (secondary N) is 1. The third-order valence-electron chi connectivity index (χ3n) is 3.34. The standard InChI is InChI=1S/C13H20N4O/c1-4-13(3,7-8-18)15-12-14-11-6-5-10(2)9-17(11)16-12/h5-6,9,18H,4,7-8H2,1-3H3,(H,15,16). The SMILES string of the molecule is CCC(C)(CCO)Nc1nc2ccc(C)cn2n1. The Labute approximate surface area is 107 Å². The fraction of sp³-hybridized carbons (Fsp3) is 0.538. The second-order valence-electron chi connectivity index (χ2n) is 4.96. The predicted octanol–water partition coefficient (Wildman–Crippen LogP) is 2.00. The third-order valence-corrected chi connectivity index (χ3v) is 3.34. The van der Waals surface area contributed by atoms with Crippen LogP contribution in [0.1, 0.15) is 32.3 Å². The van der Waals surface area contributed by atoms with Crippen molar-refractivity contribution in [2.24, 2.45) is 0 Å². The minimum atomic E-state index is -0.172. The number of anilines is 1. The highest BCUT2D eigenvalue weighted by Gasteiger charge is 2.22. The zero-order chi connectivity index (χ0) is 13.2. The van der Waals surface area contributed by atoms with Gasteiger partial charge in [-0.2, -0.15) is 4.98 Å². The van der Waals surface area contributed by atoms with E-state index < -0.39 is 0 Å². The number of rotatable bonds is 5. The molecule has 2 aromatic heterocycles. The van der Waals surface area contributed by atoms with Crippen LogP contribution in [-0.4, -0.2) is 31.9 Å². The lowest BCUT2D eigenvalue weighted by Crippen LogP contribution is -2.35. The molecule has 1 unspecified atom stereocenters. The number of pyridine rings is 1. The zero-order valence-electron chi connectivity index (χ0n) is 11.1. The first-order valence-corrected chi connectivity index (χ1v) is 6.28. The van der Waals surface area contributed by atoms with Crippen LogP contribution in [0.4, 0.5) is 5.95 Å². The van der Waals surface area contributed by atoms with Crippen molar-refractivity contribution in [2.75, 3.05) is 11.9 Å². The summed E-state index contributed by atoms with van der Waals surface area (Å²) in [6.07, 6.45) is 3.53. The average Bonchev–Trinajstić information content (AvgIpc) is 2.70. The van der Waals surface area contributed by atoms with Gasteiger partial charge in [0, 0.05) is 18.3 Å². The number of aliphatic hydroxyl groups is 1. The molecule has 2 aromatic rings. The number of aliphatic hydroxyl groups excluding tert-OH is 1. The molecule has 2 heterocycles. The molecule has 2 N–H and O–H groups in total. The molecular formula is C13H20N4O. The molecule has 18 heavy (non-hydrogen) atoms. The maximum absolute atomic E-state index is 9.10. The summed E-state index contributed by atoms with van der Waals surface area (Å²) in [4.78, 5) is 4.43. The van der Waals surface area contributed by atoms with Crippen molar-refractivity contribution in [2.45, 2.75) is 39.2 Å². The van der Waals surface area contributed by atoms with Gasteiger partial charge in [-0.3, -0.25) is 0 Å². The fourth-order valence-electron chi connectivity index (χ4n) is 1.88. The fourth-order valence-corrected chi connectivity index (χ4v) is 1.88. The number of nitrogens with zero attached hydrogens (tertiary/aromatic N) is 3. The van der Waals surface area contributed by atoms with Crippen LogP contribution in [0.2, 0.25) is 0 Å². The minimum Gasteiger partial charge on any atom is -0.396 e. The molecule has 1 atom stereocenters. The Balaban J connectivity index is 2.26. The van der Waals surface area contributed by atoms with E-state index in [9.17, 15) is 0 Å². The van der Waals surface area contributed by atoms with Gasteiger partial charge in [-0.25, -0.2) is 4.52 Å². The quantitative estimate of drug-likeness (QED) is 0.849. The van der Waals surface area contributed by atoms with Crippen LogP contribution in [0.25, 0.3) is 5.65 Å². The van der Waals surface area contributed by atoms with E-state index in [-0.39, 0.29) is 12.1 Å². The molecule has 0 spiro atoms. The van der Waals surface area contributed by atoms with Crippen molar-refractivity contribution in [1.82, 2.24) is 14.6 Å². The Kier molecular flexibility index (Phi) is 3.52. The summed E-state index contributed by atoms with van der Waals surface area (Å²) in [7, 11) is 0. The van der Waals surface area contributed by atoms with Crippen LogP contribution in [0, 0.1) is 6.92 Å². The summed E-state index contributed by atoms with van der Waals surface area (Å²) in [5.41, 5.74) is 1.80. The average molecular weight is 248 g/mol. The second kappa shape index (κ2) is 4.94. The van der Waals surface area contributed by atoms with E-state index >= 15 is 0 Å². The second-order valence-corrected chi connectivity index (χ2v) is 4.96. The number of aryl methyl sites for hydroxylation is 1. The molecule has 0 aliphatic rings. The molecule has 5 nitrogen and oxygen atoms in total. The normalized spacial score (nSPS) is 14.7. The Hall–Kier alpha value is -1.62. The first-order chi connectivity index (χ1) is 8.56. The van der Waals surface area contributed by atoms with Gasteiger partial charge in [0.05, 0.1) is 0 Å². The summed E-state index contributed by atoms with van der Waals surface area (Å²) in [5, 5.41) is 16.8. The van der Waals surface area contributed by atoms with Crippen molar-refractivity contribution in [3.8, 4) is 0 Å². The van der Waals surface area contributed by atoms with Crippen molar-refractivity contribution in [3.63, 3.8) is 0 Å². The largest absolute Gasteiger partial charge is 0.396 e. The van der Waals surface area contributed by atoms with Crippen LogP contribution in [0.3, 0.4) is 0 Å². The van der Waals surface area contributed by atoms with Crippen LogP contribution in [0.15, 0.2) is 18.3 Å². The molecule has 5 heteroatoms. The lowest BCUT2D eigenvalue weighted by molar-refractivity contribution is 0.251. The molecule has 0 saturated heterocycles. The van der Waals surface area contributed by atoms with E-state index in [0.29, 0.717) is 12.4 Å². The van der Waals surface area contributed by atoms with Gasteiger partial charge in [-0.05, 0) is 38.3 Å². The van der Waals surface area contributed by atoms with E-state index in [1.807, 2.05) is 25.3 Å². The molecule has 0 aliphatic carbocycles.